The van der Waals surface area contributed by atoms with Gasteiger partial charge in [-0.05, 0) is 64.0 Å². The Kier molecular flexibility index (Phi) is 5.97. The summed E-state index contributed by atoms with van der Waals surface area (Å²) in [7, 11) is 0. The van der Waals surface area contributed by atoms with Crippen LogP contribution in [-0.2, 0) is 0 Å². The molecule has 0 aromatic rings. The molecule has 2 fully saturated rings. The Morgan fingerprint density at radius 1 is 1.17 bits per heavy atom. The summed E-state index contributed by atoms with van der Waals surface area (Å²) in [6.45, 7) is 7.26. The van der Waals surface area contributed by atoms with E-state index in [0.29, 0.717) is 6.04 Å². The van der Waals surface area contributed by atoms with Crippen molar-refractivity contribution >= 4 is 0 Å². The minimum absolute atomic E-state index is 0.679. The van der Waals surface area contributed by atoms with Gasteiger partial charge in [0.05, 0.1) is 0 Å². The summed E-state index contributed by atoms with van der Waals surface area (Å²) in [5, 5.41) is 7.44. The van der Waals surface area contributed by atoms with Crippen LogP contribution < -0.4 is 10.6 Å². The largest absolute Gasteiger partial charge is 0.314 e. The van der Waals surface area contributed by atoms with Gasteiger partial charge in [0.25, 0.3) is 0 Å². The minimum Gasteiger partial charge on any atom is -0.314 e. The van der Waals surface area contributed by atoms with E-state index in [1.165, 1.54) is 64.5 Å². The van der Waals surface area contributed by atoms with Crippen LogP contribution in [0.15, 0.2) is 0 Å². The average Bonchev–Trinajstić information content (AvgIpc) is 2.38. The summed E-state index contributed by atoms with van der Waals surface area (Å²) in [5.41, 5.74) is 0. The second-order valence-electron chi connectivity index (χ2n) is 6.83. The van der Waals surface area contributed by atoms with Crippen LogP contribution in [0, 0.1) is 11.8 Å². The van der Waals surface area contributed by atoms with Gasteiger partial charge in [-0.3, -0.25) is 0 Å². The number of piperidine rings is 1. The molecule has 106 valence electrons. The molecule has 0 radical (unpaired) electrons. The van der Waals surface area contributed by atoms with Gasteiger partial charge in [0.15, 0.2) is 0 Å². The third kappa shape index (κ3) is 4.89. The summed E-state index contributed by atoms with van der Waals surface area (Å²) >= 11 is 0. The fourth-order valence-electron chi connectivity index (χ4n) is 3.75. The summed E-state index contributed by atoms with van der Waals surface area (Å²) in [4.78, 5) is 0. The SMILES string of the molecule is CC1CCCC(CNC(C)CC2CCCCN2)C1. The van der Waals surface area contributed by atoms with Crippen molar-refractivity contribution in [3.05, 3.63) is 0 Å². The van der Waals surface area contributed by atoms with Gasteiger partial charge in [0, 0.05) is 12.1 Å². The monoisotopic (exact) mass is 252 g/mol. The van der Waals surface area contributed by atoms with Gasteiger partial charge in [-0.1, -0.05) is 26.2 Å². The summed E-state index contributed by atoms with van der Waals surface area (Å²) in [5.74, 6) is 1.90. The van der Waals surface area contributed by atoms with Crippen LogP contribution in [0.2, 0.25) is 0 Å². The first-order valence-electron chi connectivity index (χ1n) is 8.21. The highest BCUT2D eigenvalue weighted by molar-refractivity contribution is 4.79. The van der Waals surface area contributed by atoms with E-state index in [-0.39, 0.29) is 0 Å². The van der Waals surface area contributed by atoms with Gasteiger partial charge in [-0.2, -0.15) is 0 Å². The Hall–Kier alpha value is -0.0800. The van der Waals surface area contributed by atoms with Crippen molar-refractivity contribution in [3.8, 4) is 0 Å². The van der Waals surface area contributed by atoms with Gasteiger partial charge in [-0.25, -0.2) is 0 Å². The maximum absolute atomic E-state index is 3.78. The highest BCUT2D eigenvalue weighted by atomic mass is 15.0. The predicted octanol–water partition coefficient (Wildman–Crippen LogP) is 3.32. The molecule has 2 aliphatic rings. The van der Waals surface area contributed by atoms with E-state index in [9.17, 15) is 0 Å². The third-order valence-corrected chi connectivity index (χ3v) is 4.85. The summed E-state index contributed by atoms with van der Waals surface area (Å²) < 4.78 is 0. The normalized spacial score (nSPS) is 35.3. The molecule has 2 rings (SSSR count). The fourth-order valence-corrected chi connectivity index (χ4v) is 3.75. The van der Waals surface area contributed by atoms with Crippen LogP contribution in [0.3, 0.4) is 0 Å². The van der Waals surface area contributed by atoms with E-state index < -0.39 is 0 Å². The second kappa shape index (κ2) is 7.49. The standard InChI is InChI=1S/C16H32N2/c1-13-6-5-7-15(10-13)12-18-14(2)11-16-8-3-4-9-17-16/h13-18H,3-12H2,1-2H3. The van der Waals surface area contributed by atoms with Crippen LogP contribution in [0.5, 0.6) is 0 Å². The molecule has 2 nitrogen and oxygen atoms in total. The molecule has 2 heteroatoms. The molecule has 1 saturated carbocycles. The van der Waals surface area contributed by atoms with Gasteiger partial charge in [-0.15, -0.1) is 0 Å². The summed E-state index contributed by atoms with van der Waals surface area (Å²) in [6, 6.07) is 1.45. The van der Waals surface area contributed by atoms with Crippen LogP contribution in [0.25, 0.3) is 0 Å². The molecule has 0 amide bonds. The Bertz CT molecular complexity index is 223. The van der Waals surface area contributed by atoms with E-state index in [1.807, 2.05) is 0 Å². The maximum Gasteiger partial charge on any atom is 0.00817 e. The molecule has 1 aliphatic carbocycles. The van der Waals surface area contributed by atoms with E-state index in [1.54, 1.807) is 0 Å². The van der Waals surface area contributed by atoms with Crippen molar-refractivity contribution in [1.82, 2.24) is 10.6 Å². The molecular weight excluding hydrogens is 220 g/mol. The molecule has 0 aromatic heterocycles. The van der Waals surface area contributed by atoms with Crippen LogP contribution in [0.4, 0.5) is 0 Å². The van der Waals surface area contributed by atoms with Gasteiger partial charge < -0.3 is 10.6 Å². The predicted molar refractivity (Wildman–Crippen MR) is 78.8 cm³/mol. The zero-order valence-electron chi connectivity index (χ0n) is 12.4. The lowest BCUT2D eigenvalue weighted by atomic mass is 9.82. The Balaban J connectivity index is 1.60. The van der Waals surface area contributed by atoms with Gasteiger partial charge >= 0.3 is 0 Å². The van der Waals surface area contributed by atoms with Crippen molar-refractivity contribution in [3.63, 3.8) is 0 Å². The van der Waals surface area contributed by atoms with Crippen LogP contribution in [-0.4, -0.2) is 25.2 Å². The Morgan fingerprint density at radius 3 is 2.78 bits per heavy atom. The first-order valence-corrected chi connectivity index (χ1v) is 8.21. The smallest absolute Gasteiger partial charge is 0.00817 e. The lowest BCUT2D eigenvalue weighted by Crippen LogP contribution is -2.41. The first-order chi connectivity index (χ1) is 8.74. The zero-order valence-corrected chi connectivity index (χ0v) is 12.4. The molecule has 4 unspecified atom stereocenters. The molecule has 4 atom stereocenters. The van der Waals surface area contributed by atoms with Crippen LogP contribution in [0.1, 0.15) is 65.2 Å². The van der Waals surface area contributed by atoms with Gasteiger partial charge in [0.1, 0.15) is 0 Å². The Morgan fingerprint density at radius 2 is 2.06 bits per heavy atom. The average molecular weight is 252 g/mol. The number of hydrogen-bond acceptors (Lipinski definition) is 2. The molecule has 0 aromatic carbocycles. The topological polar surface area (TPSA) is 24.1 Å². The number of rotatable bonds is 5. The lowest BCUT2D eigenvalue weighted by molar-refractivity contribution is 0.260. The molecule has 1 aliphatic heterocycles. The third-order valence-electron chi connectivity index (χ3n) is 4.85. The molecule has 2 N–H and O–H groups in total. The minimum atomic E-state index is 0.679. The number of nitrogens with one attached hydrogen (secondary N) is 2. The zero-order chi connectivity index (χ0) is 12.8. The van der Waals surface area contributed by atoms with E-state index in [2.05, 4.69) is 24.5 Å². The molecule has 0 spiro atoms. The van der Waals surface area contributed by atoms with Gasteiger partial charge in [0.2, 0.25) is 0 Å². The molecule has 1 heterocycles. The van der Waals surface area contributed by atoms with E-state index >= 15 is 0 Å². The molecule has 18 heavy (non-hydrogen) atoms. The second-order valence-corrected chi connectivity index (χ2v) is 6.83. The first kappa shape index (κ1) is 14.3. The van der Waals surface area contributed by atoms with Crippen molar-refractivity contribution in [2.45, 2.75) is 77.3 Å². The van der Waals surface area contributed by atoms with Crippen molar-refractivity contribution in [1.29, 1.82) is 0 Å². The van der Waals surface area contributed by atoms with Crippen molar-refractivity contribution in [2.75, 3.05) is 13.1 Å². The quantitative estimate of drug-likeness (QED) is 0.784. The highest BCUT2D eigenvalue weighted by Gasteiger charge is 2.20. The molecular formula is C16H32N2. The highest BCUT2D eigenvalue weighted by Crippen LogP contribution is 2.28. The number of hydrogen-bond donors (Lipinski definition) is 2. The van der Waals surface area contributed by atoms with Crippen LogP contribution >= 0.6 is 0 Å². The van der Waals surface area contributed by atoms with E-state index in [0.717, 1.165) is 17.9 Å². The fraction of sp³-hybridized carbons (Fsp3) is 1.00. The van der Waals surface area contributed by atoms with Crippen molar-refractivity contribution < 1.29 is 0 Å². The van der Waals surface area contributed by atoms with E-state index in [4.69, 9.17) is 0 Å². The molecule has 1 saturated heterocycles. The molecule has 0 bridgehead atoms. The van der Waals surface area contributed by atoms with Crippen molar-refractivity contribution in [2.24, 2.45) is 11.8 Å². The maximum atomic E-state index is 3.78. The summed E-state index contributed by atoms with van der Waals surface area (Å²) in [6.07, 6.45) is 11.3. The Labute approximate surface area is 113 Å². The lowest BCUT2D eigenvalue weighted by Gasteiger charge is -2.30.